The summed E-state index contributed by atoms with van der Waals surface area (Å²) < 4.78 is 0. The number of anilines is 1. The molecule has 2 aliphatic rings. The first-order chi connectivity index (χ1) is 10.6. The van der Waals surface area contributed by atoms with Crippen LogP contribution in [0.1, 0.15) is 38.2 Å². The predicted octanol–water partition coefficient (Wildman–Crippen LogP) is 2.20. The van der Waals surface area contributed by atoms with Crippen LogP contribution in [0, 0.1) is 0 Å². The van der Waals surface area contributed by atoms with Crippen LogP contribution in [0.5, 0.6) is 0 Å². The zero-order chi connectivity index (χ0) is 15.5. The first-order valence-electron chi connectivity index (χ1n) is 8.45. The molecular formula is C18H26N2O2. The van der Waals surface area contributed by atoms with Crippen LogP contribution in [0.2, 0.25) is 0 Å². The quantitative estimate of drug-likeness (QED) is 0.931. The summed E-state index contributed by atoms with van der Waals surface area (Å²) in [6.07, 6.45) is 4.20. The Morgan fingerprint density at radius 3 is 2.95 bits per heavy atom. The largest absolute Gasteiger partial charge is 0.391 e. The number of hydrogen-bond acceptors (Lipinski definition) is 3. The zero-order valence-corrected chi connectivity index (χ0v) is 13.4. The van der Waals surface area contributed by atoms with Gasteiger partial charge in [-0.25, -0.2) is 0 Å². The number of benzene rings is 1. The van der Waals surface area contributed by atoms with Gasteiger partial charge in [0.15, 0.2) is 0 Å². The van der Waals surface area contributed by atoms with Crippen molar-refractivity contribution in [2.75, 3.05) is 24.5 Å². The highest BCUT2D eigenvalue weighted by Gasteiger charge is 2.25. The van der Waals surface area contributed by atoms with Gasteiger partial charge >= 0.3 is 0 Å². The van der Waals surface area contributed by atoms with Crippen molar-refractivity contribution in [1.82, 2.24) is 4.90 Å². The maximum atomic E-state index is 12.4. The van der Waals surface area contributed by atoms with E-state index in [4.69, 9.17) is 0 Å². The molecule has 22 heavy (non-hydrogen) atoms. The van der Waals surface area contributed by atoms with Crippen molar-refractivity contribution in [3.63, 3.8) is 0 Å². The highest BCUT2D eigenvalue weighted by atomic mass is 16.3. The van der Waals surface area contributed by atoms with Gasteiger partial charge in [-0.1, -0.05) is 18.2 Å². The van der Waals surface area contributed by atoms with Gasteiger partial charge in [0.1, 0.15) is 0 Å². The van der Waals surface area contributed by atoms with Gasteiger partial charge in [-0.15, -0.1) is 0 Å². The number of amides is 1. The summed E-state index contributed by atoms with van der Waals surface area (Å²) in [5.74, 6) is 0.175. The smallest absolute Gasteiger partial charge is 0.224 e. The number of rotatable bonds is 3. The Kier molecular flexibility index (Phi) is 4.67. The summed E-state index contributed by atoms with van der Waals surface area (Å²) in [4.78, 5) is 16.6. The van der Waals surface area contributed by atoms with E-state index in [1.807, 2.05) is 4.90 Å². The first kappa shape index (κ1) is 15.3. The standard InChI is InChI=1S/C18H26N2O2/c1-14-8-9-15-5-2-3-7-17(15)20(14)12-10-18(22)19-11-4-6-16(21)13-19/h2-3,5,7,14,16,21H,4,6,8-13H2,1H3/t14-,16-/m1/s1. The van der Waals surface area contributed by atoms with E-state index < -0.39 is 0 Å². The summed E-state index contributed by atoms with van der Waals surface area (Å²) in [7, 11) is 0. The number of β-amino-alcohol motifs (C(OH)–C–C–N with tert-alkyl or cyclic N) is 1. The van der Waals surface area contributed by atoms with E-state index >= 15 is 0 Å². The number of aliphatic hydroxyl groups is 1. The van der Waals surface area contributed by atoms with Crippen LogP contribution >= 0.6 is 0 Å². The van der Waals surface area contributed by atoms with Gasteiger partial charge in [0.05, 0.1) is 6.10 Å². The van der Waals surface area contributed by atoms with Gasteiger partial charge in [0.25, 0.3) is 0 Å². The molecule has 0 unspecified atom stereocenters. The predicted molar refractivity (Wildman–Crippen MR) is 88.0 cm³/mol. The van der Waals surface area contributed by atoms with Crippen LogP contribution in [0.15, 0.2) is 24.3 Å². The number of para-hydroxylation sites is 1. The van der Waals surface area contributed by atoms with Crippen molar-refractivity contribution >= 4 is 11.6 Å². The minimum atomic E-state index is -0.340. The summed E-state index contributed by atoms with van der Waals surface area (Å²) >= 11 is 0. The van der Waals surface area contributed by atoms with Crippen molar-refractivity contribution in [2.24, 2.45) is 0 Å². The van der Waals surface area contributed by atoms with E-state index in [1.165, 1.54) is 11.3 Å². The molecule has 4 nitrogen and oxygen atoms in total. The molecule has 2 heterocycles. The average molecular weight is 302 g/mol. The third-order valence-corrected chi connectivity index (χ3v) is 4.98. The Bertz CT molecular complexity index is 532. The number of carbonyl (C=O) groups is 1. The number of piperidine rings is 1. The first-order valence-corrected chi connectivity index (χ1v) is 8.45. The Labute approximate surface area is 132 Å². The maximum absolute atomic E-state index is 12.4. The monoisotopic (exact) mass is 302 g/mol. The molecule has 1 amide bonds. The molecule has 0 bridgehead atoms. The maximum Gasteiger partial charge on any atom is 0.224 e. The molecule has 0 radical (unpaired) electrons. The number of fused-ring (bicyclic) bond motifs is 1. The highest BCUT2D eigenvalue weighted by molar-refractivity contribution is 5.77. The van der Waals surface area contributed by atoms with Crippen molar-refractivity contribution in [3.8, 4) is 0 Å². The molecule has 0 aromatic heterocycles. The van der Waals surface area contributed by atoms with E-state index in [9.17, 15) is 9.90 Å². The summed E-state index contributed by atoms with van der Waals surface area (Å²) in [6, 6.07) is 9.01. The normalized spacial score (nSPS) is 25.0. The van der Waals surface area contributed by atoms with Gasteiger partial charge in [0.2, 0.25) is 5.91 Å². The lowest BCUT2D eigenvalue weighted by Crippen LogP contribution is -2.44. The lowest BCUT2D eigenvalue weighted by atomic mass is 9.96. The molecule has 1 aromatic rings. The van der Waals surface area contributed by atoms with E-state index in [0.717, 1.165) is 38.8 Å². The van der Waals surface area contributed by atoms with E-state index in [-0.39, 0.29) is 12.0 Å². The molecule has 120 valence electrons. The Hall–Kier alpha value is -1.55. The second kappa shape index (κ2) is 6.69. The van der Waals surface area contributed by atoms with Gasteiger partial charge in [0, 0.05) is 37.8 Å². The fourth-order valence-electron chi connectivity index (χ4n) is 3.66. The molecule has 0 spiro atoms. The van der Waals surface area contributed by atoms with E-state index in [0.29, 0.717) is 19.0 Å². The minimum absolute atomic E-state index is 0.175. The number of aryl methyl sites for hydroxylation is 1. The second-order valence-corrected chi connectivity index (χ2v) is 6.60. The number of aliphatic hydroxyl groups excluding tert-OH is 1. The van der Waals surface area contributed by atoms with Crippen molar-refractivity contribution in [1.29, 1.82) is 0 Å². The number of carbonyl (C=O) groups excluding carboxylic acids is 1. The van der Waals surface area contributed by atoms with Crippen molar-refractivity contribution in [3.05, 3.63) is 29.8 Å². The number of hydrogen-bond donors (Lipinski definition) is 1. The second-order valence-electron chi connectivity index (χ2n) is 6.60. The molecule has 3 rings (SSSR count). The third-order valence-electron chi connectivity index (χ3n) is 4.98. The van der Waals surface area contributed by atoms with Crippen LogP contribution in [0.25, 0.3) is 0 Å². The minimum Gasteiger partial charge on any atom is -0.391 e. The van der Waals surface area contributed by atoms with Gasteiger partial charge < -0.3 is 14.9 Å². The summed E-state index contributed by atoms with van der Waals surface area (Å²) in [5, 5.41) is 9.71. The molecule has 1 fully saturated rings. The van der Waals surface area contributed by atoms with Crippen LogP contribution < -0.4 is 4.90 Å². The van der Waals surface area contributed by atoms with Crippen molar-refractivity contribution < 1.29 is 9.90 Å². The van der Waals surface area contributed by atoms with Gasteiger partial charge in [-0.3, -0.25) is 4.79 Å². The molecule has 0 aliphatic carbocycles. The van der Waals surface area contributed by atoms with Crippen LogP contribution in [-0.2, 0) is 11.2 Å². The molecule has 1 N–H and O–H groups in total. The van der Waals surface area contributed by atoms with Crippen LogP contribution in [0.4, 0.5) is 5.69 Å². The summed E-state index contributed by atoms with van der Waals surface area (Å²) in [5.41, 5.74) is 2.68. The van der Waals surface area contributed by atoms with E-state index in [1.54, 1.807) is 0 Å². The fourth-order valence-corrected chi connectivity index (χ4v) is 3.66. The highest BCUT2D eigenvalue weighted by Crippen LogP contribution is 2.30. The zero-order valence-electron chi connectivity index (χ0n) is 13.4. The summed E-state index contributed by atoms with van der Waals surface area (Å²) in [6.45, 7) is 4.31. The number of nitrogens with zero attached hydrogens (tertiary/aromatic N) is 2. The lowest BCUT2D eigenvalue weighted by Gasteiger charge is -2.38. The topological polar surface area (TPSA) is 43.8 Å². The molecule has 2 aliphatic heterocycles. The molecular weight excluding hydrogens is 276 g/mol. The molecule has 4 heteroatoms. The Balaban J connectivity index is 1.62. The molecule has 1 saturated heterocycles. The average Bonchev–Trinajstić information content (AvgIpc) is 2.53. The molecule has 1 aromatic carbocycles. The van der Waals surface area contributed by atoms with Crippen LogP contribution in [0.3, 0.4) is 0 Å². The van der Waals surface area contributed by atoms with Crippen molar-refractivity contribution in [2.45, 2.75) is 51.2 Å². The van der Waals surface area contributed by atoms with Gasteiger partial charge in [-0.2, -0.15) is 0 Å². The molecule has 2 atom stereocenters. The third kappa shape index (κ3) is 3.27. The lowest BCUT2D eigenvalue weighted by molar-refractivity contribution is -0.134. The Morgan fingerprint density at radius 2 is 2.14 bits per heavy atom. The van der Waals surface area contributed by atoms with Crippen LogP contribution in [-0.4, -0.2) is 47.7 Å². The van der Waals surface area contributed by atoms with Gasteiger partial charge in [-0.05, 0) is 44.2 Å². The Morgan fingerprint density at radius 1 is 1.32 bits per heavy atom. The SMILES string of the molecule is C[C@@H]1CCc2ccccc2N1CCC(=O)N1CCC[C@@H](O)C1. The number of likely N-dealkylation sites (tertiary alicyclic amines) is 1. The fraction of sp³-hybridized carbons (Fsp3) is 0.611. The molecule has 0 saturated carbocycles. The van der Waals surface area contributed by atoms with E-state index in [2.05, 4.69) is 36.1 Å².